The topological polar surface area (TPSA) is 85.2 Å². The van der Waals surface area contributed by atoms with Crippen LogP contribution in [0.2, 0.25) is 0 Å². The Hall–Kier alpha value is -2.86. The molecule has 0 spiro atoms. The number of phenols is 1. The minimum absolute atomic E-state index is 0.0317. The van der Waals surface area contributed by atoms with Crippen LogP contribution in [0.4, 0.5) is 5.69 Å². The Morgan fingerprint density at radius 1 is 1.26 bits per heavy atom. The summed E-state index contributed by atoms with van der Waals surface area (Å²) in [5, 5.41) is 22.1. The number of aliphatic hydroxyl groups is 1. The van der Waals surface area contributed by atoms with E-state index in [1.807, 2.05) is 36.2 Å². The average Bonchev–Trinajstić information content (AvgIpc) is 2.55. The van der Waals surface area contributed by atoms with Gasteiger partial charge < -0.3 is 15.1 Å². The molecule has 0 aliphatic carbocycles. The molecule has 0 atom stereocenters. The van der Waals surface area contributed by atoms with Crippen molar-refractivity contribution in [3.05, 3.63) is 59.7 Å². The van der Waals surface area contributed by atoms with E-state index < -0.39 is 5.91 Å². The van der Waals surface area contributed by atoms with Crippen LogP contribution < -0.4 is 10.3 Å². The first-order chi connectivity index (χ1) is 11.1. The molecule has 120 valence electrons. The zero-order valence-corrected chi connectivity index (χ0v) is 12.8. The molecule has 2 aromatic rings. The van der Waals surface area contributed by atoms with Crippen LogP contribution in [-0.2, 0) is 0 Å². The number of carbonyl (C=O) groups excluding carboxylic acids is 1. The van der Waals surface area contributed by atoms with Crippen molar-refractivity contribution in [1.82, 2.24) is 5.43 Å². The van der Waals surface area contributed by atoms with Crippen molar-refractivity contribution in [3.8, 4) is 5.75 Å². The van der Waals surface area contributed by atoms with Gasteiger partial charge in [0.1, 0.15) is 5.75 Å². The number of aromatic hydroxyl groups is 1. The van der Waals surface area contributed by atoms with E-state index in [0.717, 1.165) is 11.3 Å². The molecule has 0 aromatic heterocycles. The Labute approximate surface area is 134 Å². The molecule has 2 aromatic carbocycles. The molecule has 0 saturated heterocycles. The highest BCUT2D eigenvalue weighted by Crippen LogP contribution is 2.13. The van der Waals surface area contributed by atoms with Crippen LogP contribution >= 0.6 is 0 Å². The quantitative estimate of drug-likeness (QED) is 0.558. The van der Waals surface area contributed by atoms with E-state index in [4.69, 9.17) is 5.11 Å². The molecule has 3 N–H and O–H groups in total. The number of nitrogens with zero attached hydrogens (tertiary/aromatic N) is 2. The molecule has 23 heavy (non-hydrogen) atoms. The van der Waals surface area contributed by atoms with Gasteiger partial charge in [-0.05, 0) is 35.9 Å². The predicted octanol–water partition coefficient (Wildman–Crippen LogP) is 1.58. The summed E-state index contributed by atoms with van der Waals surface area (Å²) in [7, 11) is 1.90. The molecule has 0 radical (unpaired) electrons. The highest BCUT2D eigenvalue weighted by molar-refractivity contribution is 5.95. The molecule has 6 nitrogen and oxygen atoms in total. The molecule has 2 rings (SSSR count). The largest absolute Gasteiger partial charge is 0.508 e. The number of hydrogen-bond donors (Lipinski definition) is 3. The Balaban J connectivity index is 1.94. The monoisotopic (exact) mass is 313 g/mol. The number of likely N-dealkylation sites (N-methyl/N-ethyl adjacent to an activating group) is 1. The number of aliphatic hydroxyl groups excluding tert-OH is 1. The maximum atomic E-state index is 11.8. The number of phenolic OH excluding ortho intramolecular Hbond substituents is 1. The number of anilines is 1. The average molecular weight is 313 g/mol. The zero-order valence-electron chi connectivity index (χ0n) is 12.8. The first-order valence-electron chi connectivity index (χ1n) is 7.14. The van der Waals surface area contributed by atoms with Gasteiger partial charge in [0.05, 0.1) is 12.8 Å². The fourth-order valence-corrected chi connectivity index (χ4v) is 1.97. The smallest absolute Gasteiger partial charge is 0.271 e. The van der Waals surface area contributed by atoms with Gasteiger partial charge in [-0.3, -0.25) is 4.79 Å². The van der Waals surface area contributed by atoms with Gasteiger partial charge in [-0.25, -0.2) is 5.43 Å². The van der Waals surface area contributed by atoms with Crippen LogP contribution in [0.25, 0.3) is 0 Å². The summed E-state index contributed by atoms with van der Waals surface area (Å²) >= 11 is 0. The SMILES string of the molecule is CN(CCO)c1ccc(C=NNC(=O)c2cccc(O)c2)cc1. The molecule has 0 fully saturated rings. The number of benzene rings is 2. The molecular formula is C17H19N3O3. The van der Waals surface area contributed by atoms with E-state index in [1.54, 1.807) is 12.1 Å². The Kier molecular flexibility index (Phi) is 5.71. The van der Waals surface area contributed by atoms with Crippen LogP contribution in [0.5, 0.6) is 5.75 Å². The lowest BCUT2D eigenvalue weighted by Gasteiger charge is -2.17. The minimum Gasteiger partial charge on any atom is -0.508 e. The van der Waals surface area contributed by atoms with E-state index in [9.17, 15) is 9.90 Å². The fourth-order valence-electron chi connectivity index (χ4n) is 1.97. The molecule has 0 unspecified atom stereocenters. The van der Waals surface area contributed by atoms with Crippen molar-refractivity contribution in [2.45, 2.75) is 0 Å². The van der Waals surface area contributed by atoms with Crippen molar-refractivity contribution in [2.24, 2.45) is 5.10 Å². The third-order valence-electron chi connectivity index (χ3n) is 3.26. The maximum Gasteiger partial charge on any atom is 0.271 e. The summed E-state index contributed by atoms with van der Waals surface area (Å²) in [4.78, 5) is 13.8. The van der Waals surface area contributed by atoms with Gasteiger partial charge in [-0.2, -0.15) is 5.10 Å². The molecule has 0 saturated carbocycles. The number of hydrazone groups is 1. The number of carbonyl (C=O) groups is 1. The lowest BCUT2D eigenvalue weighted by molar-refractivity contribution is 0.0954. The highest BCUT2D eigenvalue weighted by Gasteiger charge is 2.04. The number of rotatable bonds is 6. The van der Waals surface area contributed by atoms with E-state index in [-0.39, 0.29) is 12.4 Å². The standard InChI is InChI=1S/C17H19N3O3/c1-20(9-10-21)15-7-5-13(6-8-15)12-18-19-17(23)14-3-2-4-16(22)11-14/h2-8,11-12,21-22H,9-10H2,1H3,(H,19,23). The molecule has 0 aliphatic heterocycles. The van der Waals surface area contributed by atoms with Crippen molar-refractivity contribution in [1.29, 1.82) is 0 Å². The van der Waals surface area contributed by atoms with Crippen molar-refractivity contribution in [2.75, 3.05) is 25.1 Å². The summed E-state index contributed by atoms with van der Waals surface area (Å²) in [5.74, 6) is -0.360. The number of amides is 1. The zero-order chi connectivity index (χ0) is 16.7. The highest BCUT2D eigenvalue weighted by atomic mass is 16.3. The summed E-state index contributed by atoms with van der Waals surface area (Å²) in [5.41, 5.74) is 4.57. The molecule has 0 bridgehead atoms. The number of nitrogens with one attached hydrogen (secondary N) is 1. The van der Waals surface area contributed by atoms with Crippen LogP contribution in [0.3, 0.4) is 0 Å². The second kappa shape index (κ2) is 7.95. The van der Waals surface area contributed by atoms with Crippen LogP contribution in [0.15, 0.2) is 53.6 Å². The molecular weight excluding hydrogens is 294 g/mol. The van der Waals surface area contributed by atoms with Crippen LogP contribution in [0, 0.1) is 0 Å². The molecule has 6 heteroatoms. The van der Waals surface area contributed by atoms with E-state index >= 15 is 0 Å². The molecule has 0 heterocycles. The molecule has 0 aliphatic rings. The van der Waals surface area contributed by atoms with Gasteiger partial charge in [-0.1, -0.05) is 18.2 Å². The summed E-state index contributed by atoms with van der Waals surface area (Å²) in [6, 6.07) is 13.6. The Bertz CT molecular complexity index is 684. The summed E-state index contributed by atoms with van der Waals surface area (Å²) in [6.45, 7) is 0.661. The van der Waals surface area contributed by atoms with Gasteiger partial charge in [0.15, 0.2) is 0 Å². The van der Waals surface area contributed by atoms with Crippen LogP contribution in [-0.4, -0.2) is 42.5 Å². The first-order valence-corrected chi connectivity index (χ1v) is 7.14. The van der Waals surface area contributed by atoms with Gasteiger partial charge in [0.25, 0.3) is 5.91 Å². The minimum atomic E-state index is -0.392. The van der Waals surface area contributed by atoms with E-state index in [2.05, 4.69) is 10.5 Å². The number of hydrogen-bond acceptors (Lipinski definition) is 5. The Morgan fingerprint density at radius 2 is 2.00 bits per heavy atom. The van der Waals surface area contributed by atoms with Gasteiger partial charge >= 0.3 is 0 Å². The molecule has 1 amide bonds. The second-order valence-electron chi connectivity index (χ2n) is 4.99. The Morgan fingerprint density at radius 3 is 2.65 bits per heavy atom. The van der Waals surface area contributed by atoms with Gasteiger partial charge in [0.2, 0.25) is 0 Å². The van der Waals surface area contributed by atoms with Crippen molar-refractivity contribution in [3.63, 3.8) is 0 Å². The van der Waals surface area contributed by atoms with Gasteiger partial charge in [0, 0.05) is 24.8 Å². The van der Waals surface area contributed by atoms with Crippen molar-refractivity contribution < 1.29 is 15.0 Å². The van der Waals surface area contributed by atoms with Crippen LogP contribution in [0.1, 0.15) is 15.9 Å². The lowest BCUT2D eigenvalue weighted by Crippen LogP contribution is -2.20. The maximum absolute atomic E-state index is 11.8. The lowest BCUT2D eigenvalue weighted by atomic mass is 10.2. The fraction of sp³-hybridized carbons (Fsp3) is 0.176. The second-order valence-corrected chi connectivity index (χ2v) is 4.99. The summed E-state index contributed by atoms with van der Waals surface area (Å²) in [6.07, 6.45) is 1.54. The van der Waals surface area contributed by atoms with Crippen molar-refractivity contribution >= 4 is 17.8 Å². The third kappa shape index (κ3) is 4.82. The van der Waals surface area contributed by atoms with Gasteiger partial charge in [-0.15, -0.1) is 0 Å². The predicted molar refractivity (Wildman–Crippen MR) is 90.0 cm³/mol. The van der Waals surface area contributed by atoms with E-state index in [1.165, 1.54) is 18.3 Å². The normalized spacial score (nSPS) is 10.7. The first kappa shape index (κ1) is 16.5. The van der Waals surface area contributed by atoms with E-state index in [0.29, 0.717) is 12.1 Å². The third-order valence-corrected chi connectivity index (χ3v) is 3.26. The summed E-state index contributed by atoms with van der Waals surface area (Å²) < 4.78 is 0.